The maximum Gasteiger partial charge on any atom is 0.144 e. The van der Waals surface area contributed by atoms with E-state index in [1.54, 1.807) is 0 Å². The fraction of sp³-hybridized carbons (Fsp3) is 0.412. The van der Waals surface area contributed by atoms with Gasteiger partial charge in [-0.1, -0.05) is 24.3 Å². The number of aryl methyl sites for hydroxylation is 1. The molecule has 2 aliphatic carbocycles. The van der Waals surface area contributed by atoms with Gasteiger partial charge < -0.3 is 5.32 Å². The van der Waals surface area contributed by atoms with Gasteiger partial charge in [-0.3, -0.25) is 0 Å². The summed E-state index contributed by atoms with van der Waals surface area (Å²) >= 11 is 3.67. The zero-order valence-electron chi connectivity index (χ0n) is 12.1. The van der Waals surface area contributed by atoms with Crippen molar-refractivity contribution >= 4 is 21.7 Å². The van der Waals surface area contributed by atoms with Gasteiger partial charge in [-0.15, -0.1) is 0 Å². The molecule has 0 spiro atoms. The van der Waals surface area contributed by atoms with Gasteiger partial charge in [0.1, 0.15) is 11.6 Å². The van der Waals surface area contributed by atoms with E-state index >= 15 is 0 Å². The Morgan fingerprint density at radius 3 is 2.71 bits per heavy atom. The maximum absolute atomic E-state index is 4.93. The molecule has 1 fully saturated rings. The predicted molar refractivity (Wildman–Crippen MR) is 87.9 cm³/mol. The van der Waals surface area contributed by atoms with Gasteiger partial charge in [0.05, 0.1) is 10.2 Å². The van der Waals surface area contributed by atoms with Gasteiger partial charge in [-0.05, 0) is 52.7 Å². The molecule has 21 heavy (non-hydrogen) atoms. The monoisotopic (exact) mass is 343 g/mol. The molecule has 1 aromatic heterocycles. The largest absolute Gasteiger partial charge is 0.372 e. The molecule has 0 saturated heterocycles. The highest BCUT2D eigenvalue weighted by Crippen LogP contribution is 2.45. The molecule has 4 heteroatoms. The molecule has 1 saturated carbocycles. The number of halogens is 1. The van der Waals surface area contributed by atoms with E-state index in [2.05, 4.69) is 45.5 Å². The number of benzene rings is 1. The highest BCUT2D eigenvalue weighted by atomic mass is 79.9. The van der Waals surface area contributed by atoms with Crippen molar-refractivity contribution in [3.8, 4) is 0 Å². The number of nitrogens with zero attached hydrogens (tertiary/aromatic N) is 2. The maximum atomic E-state index is 4.93. The Labute approximate surface area is 133 Å². The molecular formula is C17H18BrN3. The number of fused-ring (bicyclic) bond motifs is 1. The third-order valence-electron chi connectivity index (χ3n) is 4.54. The second-order valence-corrected chi connectivity index (χ2v) is 6.74. The lowest BCUT2D eigenvalue weighted by atomic mass is 10.0. The Hall–Kier alpha value is -1.42. The van der Waals surface area contributed by atoms with Crippen molar-refractivity contribution in [2.75, 3.05) is 12.4 Å². The molecule has 0 amide bonds. The number of aromatic nitrogens is 2. The summed E-state index contributed by atoms with van der Waals surface area (Å²) < 4.78 is 1.04. The summed E-state index contributed by atoms with van der Waals surface area (Å²) in [5.74, 6) is 2.87. The lowest BCUT2D eigenvalue weighted by Gasteiger charge is -2.15. The quantitative estimate of drug-likeness (QED) is 0.905. The minimum atomic E-state index is 0.346. The molecule has 0 aliphatic heterocycles. The van der Waals surface area contributed by atoms with Crippen molar-refractivity contribution in [3.63, 3.8) is 0 Å². The van der Waals surface area contributed by atoms with Crippen molar-refractivity contribution in [2.24, 2.45) is 0 Å². The van der Waals surface area contributed by atoms with E-state index in [1.807, 2.05) is 7.05 Å². The average molecular weight is 344 g/mol. The standard InChI is InChI=1S/C17H18BrN3/c1-19-17-14(18)15(11-6-7-11)20-16(21-17)13-9-8-10-4-2-3-5-12(10)13/h2-5,11,13H,6-9H2,1H3,(H,19,20,21). The van der Waals surface area contributed by atoms with E-state index in [4.69, 9.17) is 9.97 Å². The molecule has 1 unspecified atom stereocenters. The van der Waals surface area contributed by atoms with E-state index in [0.717, 1.165) is 29.0 Å². The Balaban J connectivity index is 1.81. The van der Waals surface area contributed by atoms with Gasteiger partial charge >= 0.3 is 0 Å². The summed E-state index contributed by atoms with van der Waals surface area (Å²) in [7, 11) is 1.93. The van der Waals surface area contributed by atoms with Gasteiger partial charge in [-0.2, -0.15) is 0 Å². The number of hydrogen-bond donors (Lipinski definition) is 1. The van der Waals surface area contributed by atoms with Gasteiger partial charge in [0.25, 0.3) is 0 Å². The minimum absolute atomic E-state index is 0.346. The van der Waals surface area contributed by atoms with Crippen LogP contribution in [0.5, 0.6) is 0 Å². The highest BCUT2D eigenvalue weighted by Gasteiger charge is 2.32. The normalized spacial score (nSPS) is 20.4. The third kappa shape index (κ3) is 2.26. The summed E-state index contributed by atoms with van der Waals surface area (Å²) in [6.07, 6.45) is 4.75. The molecule has 1 N–H and O–H groups in total. The van der Waals surface area contributed by atoms with Gasteiger partial charge in [-0.25, -0.2) is 9.97 Å². The fourth-order valence-corrected chi connectivity index (χ4v) is 3.96. The summed E-state index contributed by atoms with van der Waals surface area (Å²) in [4.78, 5) is 9.70. The van der Waals surface area contributed by atoms with Crippen LogP contribution in [0.15, 0.2) is 28.7 Å². The van der Waals surface area contributed by atoms with Gasteiger partial charge in [0.2, 0.25) is 0 Å². The van der Waals surface area contributed by atoms with E-state index in [0.29, 0.717) is 11.8 Å². The summed E-state index contributed by atoms with van der Waals surface area (Å²) in [5, 5.41) is 3.21. The van der Waals surface area contributed by atoms with Gasteiger partial charge in [0.15, 0.2) is 0 Å². The Morgan fingerprint density at radius 2 is 1.95 bits per heavy atom. The zero-order chi connectivity index (χ0) is 14.4. The SMILES string of the molecule is CNc1nc(C2CCc3ccccc32)nc(C2CC2)c1Br. The van der Waals surface area contributed by atoms with E-state index in [1.165, 1.54) is 29.7 Å². The van der Waals surface area contributed by atoms with Crippen LogP contribution in [0.25, 0.3) is 0 Å². The summed E-state index contributed by atoms with van der Waals surface area (Å²) in [6, 6.07) is 8.71. The molecule has 108 valence electrons. The van der Waals surface area contributed by atoms with Crippen LogP contribution in [0.4, 0.5) is 5.82 Å². The fourth-order valence-electron chi connectivity index (χ4n) is 3.26. The van der Waals surface area contributed by atoms with E-state index in [9.17, 15) is 0 Å². The molecule has 1 heterocycles. The molecule has 2 aliphatic rings. The second kappa shape index (κ2) is 5.09. The lowest BCUT2D eigenvalue weighted by Crippen LogP contribution is -2.09. The third-order valence-corrected chi connectivity index (χ3v) is 5.32. The number of rotatable bonds is 3. The van der Waals surface area contributed by atoms with Crippen LogP contribution in [0.2, 0.25) is 0 Å². The van der Waals surface area contributed by atoms with Crippen LogP contribution in [0.3, 0.4) is 0 Å². The topological polar surface area (TPSA) is 37.8 Å². The van der Waals surface area contributed by atoms with Crippen molar-refractivity contribution in [2.45, 2.75) is 37.5 Å². The first-order chi connectivity index (χ1) is 10.3. The Bertz CT molecular complexity index is 694. The molecular weight excluding hydrogens is 326 g/mol. The minimum Gasteiger partial charge on any atom is -0.372 e. The smallest absolute Gasteiger partial charge is 0.144 e. The lowest BCUT2D eigenvalue weighted by molar-refractivity contribution is 0.717. The highest BCUT2D eigenvalue weighted by molar-refractivity contribution is 9.10. The number of anilines is 1. The van der Waals surface area contributed by atoms with E-state index in [-0.39, 0.29) is 0 Å². The average Bonchev–Trinajstić information content (AvgIpc) is 3.27. The first-order valence-corrected chi connectivity index (χ1v) is 8.40. The van der Waals surface area contributed by atoms with Crippen molar-refractivity contribution in [1.29, 1.82) is 0 Å². The predicted octanol–water partition coefficient (Wildman–Crippen LogP) is 4.24. The van der Waals surface area contributed by atoms with Crippen LogP contribution >= 0.6 is 15.9 Å². The first-order valence-electron chi connectivity index (χ1n) is 7.61. The van der Waals surface area contributed by atoms with Crippen LogP contribution in [0, 0.1) is 0 Å². The van der Waals surface area contributed by atoms with Crippen molar-refractivity contribution in [3.05, 3.63) is 51.4 Å². The molecule has 3 nitrogen and oxygen atoms in total. The molecule has 4 rings (SSSR count). The second-order valence-electron chi connectivity index (χ2n) is 5.94. The molecule has 1 atom stereocenters. The van der Waals surface area contributed by atoms with E-state index < -0.39 is 0 Å². The van der Waals surface area contributed by atoms with Crippen LogP contribution < -0.4 is 5.32 Å². The number of nitrogens with one attached hydrogen (secondary N) is 1. The van der Waals surface area contributed by atoms with Gasteiger partial charge in [0, 0.05) is 18.9 Å². The molecule has 2 aromatic rings. The van der Waals surface area contributed by atoms with Crippen LogP contribution in [-0.2, 0) is 6.42 Å². The van der Waals surface area contributed by atoms with Crippen LogP contribution in [0.1, 0.15) is 53.7 Å². The summed E-state index contributed by atoms with van der Waals surface area (Å²) in [6.45, 7) is 0. The van der Waals surface area contributed by atoms with Crippen molar-refractivity contribution in [1.82, 2.24) is 9.97 Å². The Kier molecular flexibility index (Phi) is 3.21. The zero-order valence-corrected chi connectivity index (χ0v) is 13.7. The molecule has 0 bridgehead atoms. The molecule has 1 aromatic carbocycles. The first kappa shape index (κ1) is 13.3. The van der Waals surface area contributed by atoms with Crippen LogP contribution in [-0.4, -0.2) is 17.0 Å². The summed E-state index contributed by atoms with van der Waals surface area (Å²) in [5.41, 5.74) is 4.05. The van der Waals surface area contributed by atoms with Crippen molar-refractivity contribution < 1.29 is 0 Å². The number of hydrogen-bond acceptors (Lipinski definition) is 3. The molecule has 0 radical (unpaired) electrons. The Morgan fingerprint density at radius 1 is 1.14 bits per heavy atom.